The van der Waals surface area contributed by atoms with Crippen molar-refractivity contribution in [2.75, 3.05) is 0 Å². The number of aliphatic imine (C=N–C) groups is 2. The molecule has 2 aliphatic carbocycles. The first-order valence-electron chi connectivity index (χ1n) is 22.9. The van der Waals surface area contributed by atoms with Gasteiger partial charge in [-0.3, -0.25) is 4.99 Å². The standard InChI is InChI=1S/C62H44N2O/c1-2-42-58(41-24-7-4-8-25-41)63-60(44-27-10-9-26-43(44)40-22-5-3-6-23-40)64-59(42)46-29-21-37-54-57(46)45-28-11-12-30-47(45)61(54)48-31-13-15-33-50(48)62(51-34-16-14-32-49(51)61)52-35-17-19-38-55(52)65-56-39-20-18-36-53(56)62/h3-39,42,58H,2H2,1H3. The van der Waals surface area contributed by atoms with Gasteiger partial charge in [0.15, 0.2) is 5.84 Å². The summed E-state index contributed by atoms with van der Waals surface area (Å²) >= 11 is 0. The van der Waals surface area contributed by atoms with Gasteiger partial charge in [0.2, 0.25) is 0 Å². The molecule has 13 rings (SSSR count). The molecule has 4 aliphatic rings. The van der Waals surface area contributed by atoms with Crippen molar-refractivity contribution in [2.45, 2.75) is 30.2 Å². The highest BCUT2D eigenvalue weighted by Gasteiger charge is 2.59. The Morgan fingerprint density at radius 1 is 0.400 bits per heavy atom. The lowest BCUT2D eigenvalue weighted by molar-refractivity contribution is 0.429. The van der Waals surface area contributed by atoms with E-state index in [0.29, 0.717) is 0 Å². The van der Waals surface area contributed by atoms with Gasteiger partial charge in [-0.1, -0.05) is 219 Å². The first kappa shape index (κ1) is 37.7. The maximum atomic E-state index is 6.76. The van der Waals surface area contributed by atoms with E-state index in [2.05, 4.69) is 231 Å². The van der Waals surface area contributed by atoms with Gasteiger partial charge in [-0.15, -0.1) is 0 Å². The minimum absolute atomic E-state index is 0.0321. The zero-order valence-corrected chi connectivity index (χ0v) is 36.0. The Morgan fingerprint density at radius 2 is 0.846 bits per heavy atom. The van der Waals surface area contributed by atoms with E-state index < -0.39 is 10.8 Å². The summed E-state index contributed by atoms with van der Waals surface area (Å²) in [6.45, 7) is 2.30. The number of rotatable bonds is 5. The van der Waals surface area contributed by atoms with Crippen LogP contribution < -0.4 is 4.74 Å². The first-order chi connectivity index (χ1) is 32.2. The SMILES string of the molecule is CCC1C(c2cccc3c2-c2ccccc2C32c3ccccc3C3(c4ccccc4Oc4ccccc43)c3ccccc32)=NC(c2ccccc2-c2ccccc2)=NC1c1ccccc1. The summed E-state index contributed by atoms with van der Waals surface area (Å²) in [4.78, 5) is 11.4. The van der Waals surface area contributed by atoms with E-state index in [1.807, 2.05) is 0 Å². The largest absolute Gasteiger partial charge is 0.457 e. The minimum Gasteiger partial charge on any atom is -0.457 e. The molecule has 9 aromatic rings. The fourth-order valence-electron chi connectivity index (χ4n) is 12.2. The molecule has 65 heavy (non-hydrogen) atoms. The van der Waals surface area contributed by atoms with Crippen LogP contribution in [0.3, 0.4) is 0 Å². The van der Waals surface area contributed by atoms with E-state index in [-0.39, 0.29) is 12.0 Å². The number of hydrogen-bond acceptors (Lipinski definition) is 3. The van der Waals surface area contributed by atoms with Gasteiger partial charge in [0.1, 0.15) is 11.5 Å². The Labute approximate surface area is 380 Å². The van der Waals surface area contributed by atoms with E-state index in [1.54, 1.807) is 0 Å². The van der Waals surface area contributed by atoms with Crippen LogP contribution in [0, 0.1) is 5.92 Å². The Hall–Kier alpha value is -7.88. The highest BCUT2D eigenvalue weighted by atomic mass is 16.5. The molecule has 0 bridgehead atoms. The van der Waals surface area contributed by atoms with Gasteiger partial charge in [-0.05, 0) is 79.8 Å². The number of hydrogen-bond donors (Lipinski definition) is 0. The molecule has 3 heteroatoms. The summed E-state index contributed by atoms with van der Waals surface area (Å²) in [5.41, 5.74) is 18.0. The second-order valence-corrected chi connectivity index (χ2v) is 17.7. The molecular weight excluding hydrogens is 789 g/mol. The fourth-order valence-corrected chi connectivity index (χ4v) is 12.2. The third kappa shape index (κ3) is 5.18. The maximum Gasteiger partial charge on any atom is 0.156 e. The van der Waals surface area contributed by atoms with Crippen molar-refractivity contribution in [2.24, 2.45) is 15.9 Å². The summed E-state index contributed by atoms with van der Waals surface area (Å²) < 4.78 is 6.76. The highest BCUT2D eigenvalue weighted by molar-refractivity contribution is 6.19. The predicted molar refractivity (Wildman–Crippen MR) is 264 cm³/mol. The minimum atomic E-state index is -0.630. The molecule has 2 spiro atoms. The van der Waals surface area contributed by atoms with Crippen molar-refractivity contribution in [3.63, 3.8) is 0 Å². The predicted octanol–water partition coefficient (Wildman–Crippen LogP) is 14.5. The third-order valence-electron chi connectivity index (χ3n) is 14.7. The van der Waals surface area contributed by atoms with E-state index >= 15 is 0 Å². The van der Waals surface area contributed by atoms with Gasteiger partial charge < -0.3 is 4.74 Å². The second kappa shape index (κ2) is 14.6. The zero-order valence-electron chi connectivity index (χ0n) is 36.0. The molecule has 9 aromatic carbocycles. The van der Waals surface area contributed by atoms with Crippen molar-refractivity contribution in [3.8, 4) is 33.8 Å². The first-order valence-corrected chi connectivity index (χ1v) is 22.9. The van der Waals surface area contributed by atoms with Crippen molar-refractivity contribution in [1.29, 1.82) is 0 Å². The number of amidine groups is 1. The molecule has 2 atom stereocenters. The van der Waals surface area contributed by atoms with Gasteiger partial charge in [0, 0.05) is 28.2 Å². The summed E-state index contributed by atoms with van der Waals surface area (Å²) in [6, 6.07) is 81.9. The van der Waals surface area contributed by atoms with E-state index in [4.69, 9.17) is 14.7 Å². The Bertz CT molecular complexity index is 3320. The van der Waals surface area contributed by atoms with Gasteiger partial charge in [0.25, 0.3) is 0 Å². The lowest BCUT2D eigenvalue weighted by atomic mass is 9.51. The van der Waals surface area contributed by atoms with E-state index in [0.717, 1.165) is 57.3 Å². The van der Waals surface area contributed by atoms with Crippen molar-refractivity contribution >= 4 is 11.5 Å². The molecule has 2 heterocycles. The van der Waals surface area contributed by atoms with Crippen LogP contribution in [0.5, 0.6) is 11.5 Å². The number of benzene rings is 9. The normalized spacial score (nSPS) is 17.6. The van der Waals surface area contributed by atoms with Crippen LogP contribution in [0.4, 0.5) is 0 Å². The number of nitrogens with zero attached hydrogens (tertiary/aromatic N) is 2. The molecule has 0 radical (unpaired) electrons. The number of fused-ring (bicyclic) bond motifs is 15. The lowest BCUT2D eigenvalue weighted by Gasteiger charge is -2.51. The van der Waals surface area contributed by atoms with Crippen LogP contribution in [0.25, 0.3) is 22.3 Å². The molecule has 3 nitrogen and oxygen atoms in total. The van der Waals surface area contributed by atoms with Crippen molar-refractivity contribution in [3.05, 3.63) is 286 Å². The van der Waals surface area contributed by atoms with Crippen LogP contribution in [-0.2, 0) is 10.8 Å². The lowest BCUT2D eigenvalue weighted by Crippen LogP contribution is -2.45. The number of para-hydroxylation sites is 2. The molecular formula is C62H44N2O. The zero-order chi connectivity index (χ0) is 43.1. The molecule has 0 saturated carbocycles. The van der Waals surface area contributed by atoms with Crippen LogP contribution in [-0.4, -0.2) is 11.5 Å². The molecule has 0 aromatic heterocycles. The van der Waals surface area contributed by atoms with Gasteiger partial charge >= 0.3 is 0 Å². The summed E-state index contributed by atoms with van der Waals surface area (Å²) in [5, 5.41) is 0. The molecule has 0 amide bonds. The second-order valence-electron chi connectivity index (χ2n) is 17.7. The molecule has 2 aliphatic heterocycles. The van der Waals surface area contributed by atoms with Crippen LogP contribution in [0.2, 0.25) is 0 Å². The molecule has 308 valence electrons. The fraction of sp³-hybridized carbons (Fsp3) is 0.0968. The quantitative estimate of drug-likeness (QED) is 0.170. The van der Waals surface area contributed by atoms with Crippen LogP contribution >= 0.6 is 0 Å². The van der Waals surface area contributed by atoms with Gasteiger partial charge in [-0.2, -0.15) is 0 Å². The van der Waals surface area contributed by atoms with Crippen LogP contribution in [0.15, 0.2) is 234 Å². The van der Waals surface area contributed by atoms with E-state index in [9.17, 15) is 0 Å². The topological polar surface area (TPSA) is 34.0 Å². The van der Waals surface area contributed by atoms with E-state index in [1.165, 1.54) is 55.6 Å². The average molecular weight is 833 g/mol. The Morgan fingerprint density at radius 3 is 1.45 bits per heavy atom. The molecule has 2 unspecified atom stereocenters. The molecule has 0 fully saturated rings. The van der Waals surface area contributed by atoms with Gasteiger partial charge in [-0.25, -0.2) is 4.99 Å². The molecule has 0 saturated heterocycles. The van der Waals surface area contributed by atoms with Crippen LogP contribution in [0.1, 0.15) is 80.6 Å². The van der Waals surface area contributed by atoms with Crippen molar-refractivity contribution < 1.29 is 4.74 Å². The summed E-state index contributed by atoms with van der Waals surface area (Å²) in [5.74, 6) is 2.58. The smallest absolute Gasteiger partial charge is 0.156 e. The van der Waals surface area contributed by atoms with Gasteiger partial charge in [0.05, 0.1) is 22.6 Å². The van der Waals surface area contributed by atoms with Crippen molar-refractivity contribution in [1.82, 2.24) is 0 Å². The Kier molecular flexibility index (Phi) is 8.45. The molecule has 0 N–H and O–H groups in total. The monoisotopic (exact) mass is 832 g/mol. The summed E-state index contributed by atoms with van der Waals surface area (Å²) in [7, 11) is 0. The maximum absolute atomic E-state index is 6.76. The highest BCUT2D eigenvalue weighted by Crippen LogP contribution is 2.67. The average Bonchev–Trinajstić information content (AvgIpc) is 3.68. The number of ether oxygens (including phenoxy) is 1. The third-order valence-corrected chi connectivity index (χ3v) is 14.7. The Balaban J connectivity index is 1.11. The summed E-state index contributed by atoms with van der Waals surface area (Å²) in [6.07, 6.45) is 0.876.